The maximum absolute atomic E-state index is 12.8. The van der Waals surface area contributed by atoms with Crippen LogP contribution in [0.1, 0.15) is 27.9 Å². The zero-order chi connectivity index (χ0) is 12.3. The highest BCUT2D eigenvalue weighted by Gasteiger charge is 2.23. The van der Waals surface area contributed by atoms with E-state index >= 15 is 0 Å². The maximum atomic E-state index is 12.8. The first kappa shape index (κ1) is 12.8. The summed E-state index contributed by atoms with van der Waals surface area (Å²) in [7, 11) is 1.11. The molecule has 0 saturated carbocycles. The first-order valence-corrected chi connectivity index (χ1v) is 5.19. The van der Waals surface area contributed by atoms with E-state index in [1.165, 1.54) is 12.1 Å². The van der Waals surface area contributed by atoms with Gasteiger partial charge >= 0.3 is 5.97 Å². The SMILES string of the molecule is COC(=O)c1ccc(C#N)c(I)c1C(F)F. The molecular formula is C10H6F2INO2. The minimum Gasteiger partial charge on any atom is -0.465 e. The Labute approximate surface area is 104 Å². The average Bonchev–Trinajstić information content (AvgIpc) is 2.26. The van der Waals surface area contributed by atoms with Crippen molar-refractivity contribution in [3.05, 3.63) is 32.4 Å². The van der Waals surface area contributed by atoms with E-state index in [0.29, 0.717) is 0 Å². The van der Waals surface area contributed by atoms with Crippen LogP contribution >= 0.6 is 22.6 Å². The summed E-state index contributed by atoms with van der Waals surface area (Å²) in [5, 5.41) is 8.70. The lowest BCUT2D eigenvalue weighted by atomic mass is 10.0. The molecule has 0 fully saturated rings. The van der Waals surface area contributed by atoms with E-state index in [2.05, 4.69) is 4.74 Å². The molecule has 0 aliphatic rings. The van der Waals surface area contributed by atoms with Gasteiger partial charge in [0.25, 0.3) is 6.43 Å². The molecule has 1 aromatic carbocycles. The summed E-state index contributed by atoms with van der Waals surface area (Å²) < 4.78 is 30.0. The van der Waals surface area contributed by atoms with Gasteiger partial charge in [-0.25, -0.2) is 13.6 Å². The number of methoxy groups -OCH3 is 1. The fourth-order valence-electron chi connectivity index (χ4n) is 1.18. The standard InChI is InChI=1S/C10H6F2INO2/c1-16-10(15)6-3-2-5(4-14)8(13)7(6)9(11)12/h2-3,9H,1H3. The molecule has 0 spiro atoms. The third-order valence-electron chi connectivity index (χ3n) is 1.92. The van der Waals surface area contributed by atoms with E-state index in [-0.39, 0.29) is 14.7 Å². The van der Waals surface area contributed by atoms with Crippen LogP contribution in [0.4, 0.5) is 8.78 Å². The lowest BCUT2D eigenvalue weighted by molar-refractivity contribution is 0.0589. The molecule has 6 heteroatoms. The Bertz CT molecular complexity index is 469. The molecule has 0 radical (unpaired) electrons. The predicted octanol–water partition coefficient (Wildman–Crippen LogP) is 2.89. The normalized spacial score (nSPS) is 10.0. The number of alkyl halides is 2. The van der Waals surface area contributed by atoms with Crippen LogP contribution in [-0.2, 0) is 4.74 Å². The number of rotatable bonds is 2. The molecular weight excluding hydrogens is 331 g/mol. The third kappa shape index (κ3) is 2.29. The van der Waals surface area contributed by atoms with Crippen molar-refractivity contribution in [1.29, 1.82) is 5.26 Å². The second-order valence-corrected chi connectivity index (χ2v) is 3.87. The van der Waals surface area contributed by atoms with Crippen molar-refractivity contribution in [2.45, 2.75) is 6.43 Å². The molecule has 0 heterocycles. The smallest absolute Gasteiger partial charge is 0.338 e. The first-order valence-electron chi connectivity index (χ1n) is 4.11. The van der Waals surface area contributed by atoms with Gasteiger partial charge in [0.2, 0.25) is 0 Å². The number of benzene rings is 1. The Morgan fingerprint density at radius 1 is 1.56 bits per heavy atom. The van der Waals surface area contributed by atoms with Gasteiger partial charge < -0.3 is 4.74 Å². The molecule has 0 aliphatic carbocycles. The van der Waals surface area contributed by atoms with Crippen LogP contribution in [0.2, 0.25) is 0 Å². The molecule has 0 amide bonds. The van der Waals surface area contributed by atoms with E-state index in [9.17, 15) is 13.6 Å². The molecule has 0 atom stereocenters. The van der Waals surface area contributed by atoms with Crippen LogP contribution in [-0.4, -0.2) is 13.1 Å². The fraction of sp³-hybridized carbons (Fsp3) is 0.200. The average molecular weight is 337 g/mol. The Kier molecular flexibility index (Phi) is 4.18. The number of esters is 1. The molecule has 0 unspecified atom stereocenters. The van der Waals surface area contributed by atoms with Crippen molar-refractivity contribution in [1.82, 2.24) is 0 Å². The zero-order valence-electron chi connectivity index (χ0n) is 8.13. The molecule has 0 aromatic heterocycles. The number of hydrogen-bond acceptors (Lipinski definition) is 3. The van der Waals surface area contributed by atoms with Crippen LogP contribution in [0.15, 0.2) is 12.1 Å². The van der Waals surface area contributed by atoms with Crippen molar-refractivity contribution in [3.63, 3.8) is 0 Å². The molecule has 1 rings (SSSR count). The van der Waals surface area contributed by atoms with Crippen LogP contribution < -0.4 is 0 Å². The second kappa shape index (κ2) is 5.21. The van der Waals surface area contributed by atoms with E-state index in [1.54, 1.807) is 28.7 Å². The molecule has 84 valence electrons. The van der Waals surface area contributed by atoms with Crippen LogP contribution in [0.5, 0.6) is 0 Å². The Hall–Kier alpha value is -1.23. The second-order valence-electron chi connectivity index (χ2n) is 2.79. The molecule has 0 bridgehead atoms. The van der Waals surface area contributed by atoms with Gasteiger partial charge in [0.15, 0.2) is 0 Å². The Balaban J connectivity index is 3.48. The highest BCUT2D eigenvalue weighted by molar-refractivity contribution is 14.1. The summed E-state index contributed by atoms with van der Waals surface area (Å²) in [4.78, 5) is 11.2. The molecule has 3 nitrogen and oxygen atoms in total. The lowest BCUT2D eigenvalue weighted by Gasteiger charge is -2.10. The largest absolute Gasteiger partial charge is 0.465 e. The Morgan fingerprint density at radius 3 is 2.62 bits per heavy atom. The predicted molar refractivity (Wildman–Crippen MR) is 60.2 cm³/mol. The quantitative estimate of drug-likeness (QED) is 0.616. The summed E-state index contributed by atoms with van der Waals surface area (Å²) in [5.74, 6) is -0.835. The summed E-state index contributed by atoms with van der Waals surface area (Å²) in [6, 6.07) is 4.28. The van der Waals surface area contributed by atoms with Gasteiger partial charge in [-0.15, -0.1) is 0 Å². The molecule has 0 saturated heterocycles. The van der Waals surface area contributed by atoms with E-state index in [4.69, 9.17) is 5.26 Å². The highest BCUT2D eigenvalue weighted by atomic mass is 127. The van der Waals surface area contributed by atoms with Gasteiger partial charge in [0.05, 0.1) is 18.2 Å². The minimum atomic E-state index is -2.82. The van der Waals surface area contributed by atoms with Gasteiger partial charge in [0.1, 0.15) is 6.07 Å². The number of nitriles is 1. The zero-order valence-corrected chi connectivity index (χ0v) is 10.3. The van der Waals surface area contributed by atoms with Gasteiger partial charge in [-0.05, 0) is 34.7 Å². The van der Waals surface area contributed by atoms with Gasteiger partial charge in [0, 0.05) is 9.13 Å². The number of nitrogens with zero attached hydrogens (tertiary/aromatic N) is 1. The van der Waals surface area contributed by atoms with Gasteiger partial charge in [-0.3, -0.25) is 0 Å². The van der Waals surface area contributed by atoms with Crippen LogP contribution in [0.3, 0.4) is 0 Å². The van der Waals surface area contributed by atoms with Crippen molar-refractivity contribution in [2.75, 3.05) is 7.11 Å². The monoisotopic (exact) mass is 337 g/mol. The van der Waals surface area contributed by atoms with Crippen molar-refractivity contribution < 1.29 is 18.3 Å². The third-order valence-corrected chi connectivity index (χ3v) is 3.09. The number of carbonyl (C=O) groups is 1. The van der Waals surface area contributed by atoms with Crippen molar-refractivity contribution in [3.8, 4) is 6.07 Å². The first-order chi connectivity index (χ1) is 7.52. The van der Waals surface area contributed by atoms with E-state index < -0.39 is 18.0 Å². The highest BCUT2D eigenvalue weighted by Crippen LogP contribution is 2.30. The van der Waals surface area contributed by atoms with Gasteiger partial charge in [-0.2, -0.15) is 5.26 Å². The minimum absolute atomic E-state index is 0.0815. The van der Waals surface area contributed by atoms with Crippen molar-refractivity contribution >= 4 is 28.6 Å². The van der Waals surface area contributed by atoms with E-state index in [0.717, 1.165) is 7.11 Å². The van der Waals surface area contributed by atoms with Crippen LogP contribution in [0, 0.1) is 14.9 Å². The summed E-state index contributed by atoms with van der Waals surface area (Å²) in [6.45, 7) is 0. The van der Waals surface area contributed by atoms with Crippen LogP contribution in [0.25, 0.3) is 0 Å². The maximum Gasteiger partial charge on any atom is 0.338 e. The number of halogens is 3. The summed E-state index contributed by atoms with van der Waals surface area (Å²) >= 11 is 1.62. The topological polar surface area (TPSA) is 50.1 Å². The Morgan fingerprint density at radius 2 is 2.19 bits per heavy atom. The number of carbonyl (C=O) groups excluding carboxylic acids is 1. The summed E-state index contributed by atoms with van der Waals surface area (Å²) in [6.07, 6.45) is -2.82. The molecule has 16 heavy (non-hydrogen) atoms. The lowest BCUT2D eigenvalue weighted by Crippen LogP contribution is -2.08. The molecule has 0 aliphatic heterocycles. The van der Waals surface area contributed by atoms with Crippen molar-refractivity contribution in [2.24, 2.45) is 0 Å². The van der Waals surface area contributed by atoms with Gasteiger partial charge in [-0.1, -0.05) is 0 Å². The fourth-order valence-corrected chi connectivity index (χ4v) is 2.01. The number of hydrogen-bond donors (Lipinski definition) is 0. The number of ether oxygens (including phenoxy) is 1. The van der Waals surface area contributed by atoms with E-state index in [1.807, 2.05) is 0 Å². The summed E-state index contributed by atoms with van der Waals surface area (Å²) in [5.41, 5.74) is -0.545. The molecule has 1 aromatic rings. The molecule has 0 N–H and O–H groups in total.